The van der Waals surface area contributed by atoms with Crippen LogP contribution in [-0.2, 0) is 4.79 Å². The molecule has 3 N–H and O–H groups in total. The van der Waals surface area contributed by atoms with Gasteiger partial charge in [-0.2, -0.15) is 5.10 Å². The number of benzene rings is 1. The largest absolute Gasteiger partial charge is 0.326 e. The Kier molecular flexibility index (Phi) is 4.13. The maximum absolute atomic E-state index is 12.9. The van der Waals surface area contributed by atoms with Gasteiger partial charge in [-0.25, -0.2) is 0 Å². The molecule has 2 aromatic rings. The molecule has 4 rings (SSSR count). The number of carbonyl (C=O) groups excluding carboxylic acids is 2. The number of hydrogen-bond acceptors (Lipinski definition) is 3. The molecule has 3 atom stereocenters. The standard InChI is InChI=1S/C21H24N4O2/c1-12-18(13(2)25-24-12)23-19(26)15-5-4-6-17(10-15)22-20(27)21(3)11-14-7-8-16(21)9-14/h4-8,10,14,16H,9,11H2,1-3H3,(H,22,27)(H,23,26)(H,24,25)/t14-,16-,21-/m0/s1. The molecule has 1 aromatic carbocycles. The van der Waals surface area contributed by atoms with Crippen molar-refractivity contribution < 1.29 is 9.59 Å². The van der Waals surface area contributed by atoms with Crippen molar-refractivity contribution >= 4 is 23.2 Å². The van der Waals surface area contributed by atoms with E-state index in [1.54, 1.807) is 18.2 Å². The van der Waals surface area contributed by atoms with Gasteiger partial charge in [0, 0.05) is 11.3 Å². The van der Waals surface area contributed by atoms with Gasteiger partial charge in [0.05, 0.1) is 22.5 Å². The fourth-order valence-corrected chi connectivity index (χ4v) is 4.29. The van der Waals surface area contributed by atoms with Crippen LogP contribution >= 0.6 is 0 Å². The summed E-state index contributed by atoms with van der Waals surface area (Å²) in [5.74, 6) is 0.622. The zero-order valence-electron chi connectivity index (χ0n) is 15.8. The number of amides is 2. The molecule has 0 aliphatic heterocycles. The van der Waals surface area contributed by atoms with Crippen LogP contribution < -0.4 is 10.6 Å². The number of anilines is 2. The number of carbonyl (C=O) groups is 2. The number of nitrogens with zero attached hydrogens (tertiary/aromatic N) is 1. The van der Waals surface area contributed by atoms with E-state index in [9.17, 15) is 9.59 Å². The van der Waals surface area contributed by atoms with Crippen molar-refractivity contribution in [1.29, 1.82) is 0 Å². The maximum Gasteiger partial charge on any atom is 0.255 e. The van der Waals surface area contributed by atoms with Crippen molar-refractivity contribution in [2.75, 3.05) is 10.6 Å². The van der Waals surface area contributed by atoms with Crippen molar-refractivity contribution in [3.05, 3.63) is 53.4 Å². The zero-order valence-corrected chi connectivity index (χ0v) is 15.8. The molecule has 27 heavy (non-hydrogen) atoms. The molecule has 6 heteroatoms. The van der Waals surface area contributed by atoms with Crippen LogP contribution in [0.1, 0.15) is 41.5 Å². The minimum absolute atomic E-state index is 0.0263. The monoisotopic (exact) mass is 364 g/mol. The van der Waals surface area contributed by atoms with Gasteiger partial charge in [-0.05, 0) is 56.7 Å². The lowest BCUT2D eigenvalue weighted by molar-refractivity contribution is -0.126. The summed E-state index contributed by atoms with van der Waals surface area (Å²) in [5, 5.41) is 12.8. The second kappa shape index (κ2) is 6.37. The topological polar surface area (TPSA) is 86.9 Å². The highest BCUT2D eigenvalue weighted by atomic mass is 16.2. The fraction of sp³-hybridized carbons (Fsp3) is 0.381. The van der Waals surface area contributed by atoms with Crippen LogP contribution in [0.5, 0.6) is 0 Å². The lowest BCUT2D eigenvalue weighted by atomic mass is 9.77. The molecule has 1 fully saturated rings. The third-order valence-electron chi connectivity index (χ3n) is 5.94. The molecule has 1 saturated carbocycles. The van der Waals surface area contributed by atoms with Gasteiger partial charge in [0.25, 0.3) is 5.91 Å². The Hall–Kier alpha value is -2.89. The summed E-state index contributed by atoms with van der Waals surface area (Å²) in [6.07, 6.45) is 6.35. The minimum Gasteiger partial charge on any atom is -0.326 e. The first-order valence-electron chi connectivity index (χ1n) is 9.29. The van der Waals surface area contributed by atoms with E-state index in [4.69, 9.17) is 0 Å². The Morgan fingerprint density at radius 1 is 1.22 bits per heavy atom. The predicted octanol–water partition coefficient (Wildman–Crippen LogP) is 3.82. The molecule has 1 heterocycles. The number of aromatic amines is 1. The molecular formula is C21H24N4O2. The summed E-state index contributed by atoms with van der Waals surface area (Å²) in [7, 11) is 0. The van der Waals surface area contributed by atoms with Gasteiger partial charge in [0.15, 0.2) is 0 Å². The Balaban J connectivity index is 1.49. The number of allylic oxidation sites excluding steroid dienone is 2. The number of aromatic nitrogens is 2. The van der Waals surface area contributed by atoms with Crippen molar-refractivity contribution in [3.63, 3.8) is 0 Å². The Bertz CT molecular complexity index is 926. The Labute approximate surface area is 158 Å². The van der Waals surface area contributed by atoms with E-state index in [0.717, 1.165) is 24.2 Å². The van der Waals surface area contributed by atoms with Gasteiger partial charge in [-0.1, -0.05) is 25.1 Å². The highest BCUT2D eigenvalue weighted by Crippen LogP contribution is 2.52. The molecule has 0 radical (unpaired) electrons. The summed E-state index contributed by atoms with van der Waals surface area (Å²) in [6.45, 7) is 5.73. The van der Waals surface area contributed by atoms with Crippen LogP contribution in [0.2, 0.25) is 0 Å². The SMILES string of the molecule is Cc1n[nH]c(C)c1NC(=O)c1cccc(NC(=O)[C@@]2(C)C[C@H]3C=C[C@H]2C3)c1. The van der Waals surface area contributed by atoms with E-state index >= 15 is 0 Å². The quantitative estimate of drug-likeness (QED) is 0.721. The van der Waals surface area contributed by atoms with Crippen LogP contribution in [0.3, 0.4) is 0 Å². The van der Waals surface area contributed by atoms with E-state index in [-0.39, 0.29) is 17.2 Å². The molecular weight excluding hydrogens is 340 g/mol. The number of hydrogen-bond donors (Lipinski definition) is 3. The third-order valence-corrected chi connectivity index (χ3v) is 5.94. The maximum atomic E-state index is 12.9. The van der Waals surface area contributed by atoms with Gasteiger partial charge < -0.3 is 10.6 Å². The van der Waals surface area contributed by atoms with Gasteiger partial charge in [0.1, 0.15) is 0 Å². The molecule has 2 aliphatic rings. The van der Waals surface area contributed by atoms with Crippen molar-refractivity contribution in [1.82, 2.24) is 10.2 Å². The van der Waals surface area contributed by atoms with E-state index < -0.39 is 0 Å². The first kappa shape index (κ1) is 17.5. The highest BCUT2D eigenvalue weighted by molar-refractivity contribution is 6.06. The molecule has 2 amide bonds. The molecule has 1 aromatic heterocycles. The van der Waals surface area contributed by atoms with Crippen molar-refractivity contribution in [2.24, 2.45) is 17.3 Å². The Morgan fingerprint density at radius 3 is 2.67 bits per heavy atom. The first-order valence-corrected chi connectivity index (χ1v) is 9.29. The van der Waals surface area contributed by atoms with Crippen molar-refractivity contribution in [3.8, 4) is 0 Å². The molecule has 2 aliphatic carbocycles. The van der Waals surface area contributed by atoms with Crippen LogP contribution in [0.15, 0.2) is 36.4 Å². The van der Waals surface area contributed by atoms with Crippen LogP contribution in [0.4, 0.5) is 11.4 Å². The normalized spacial score (nSPS) is 25.6. The molecule has 0 spiro atoms. The van der Waals surface area contributed by atoms with Crippen LogP contribution in [-0.4, -0.2) is 22.0 Å². The van der Waals surface area contributed by atoms with Crippen LogP contribution in [0, 0.1) is 31.1 Å². The number of aryl methyl sites for hydroxylation is 2. The van der Waals surface area contributed by atoms with E-state index in [0.29, 0.717) is 28.8 Å². The molecule has 2 bridgehead atoms. The summed E-state index contributed by atoms with van der Waals surface area (Å²) in [4.78, 5) is 25.5. The minimum atomic E-state index is -0.372. The van der Waals surface area contributed by atoms with E-state index in [1.807, 2.05) is 26.8 Å². The smallest absolute Gasteiger partial charge is 0.255 e. The van der Waals surface area contributed by atoms with Crippen molar-refractivity contribution in [2.45, 2.75) is 33.6 Å². The van der Waals surface area contributed by atoms with Gasteiger partial charge >= 0.3 is 0 Å². The zero-order chi connectivity index (χ0) is 19.2. The number of rotatable bonds is 4. The lowest BCUT2D eigenvalue weighted by Crippen LogP contribution is -2.36. The molecule has 0 unspecified atom stereocenters. The average molecular weight is 364 g/mol. The average Bonchev–Trinajstić information content (AvgIpc) is 3.33. The molecule has 0 saturated heterocycles. The summed E-state index contributed by atoms with van der Waals surface area (Å²) in [6, 6.07) is 7.04. The third kappa shape index (κ3) is 3.05. The Morgan fingerprint density at radius 2 is 2.04 bits per heavy atom. The molecule has 6 nitrogen and oxygen atoms in total. The van der Waals surface area contributed by atoms with Gasteiger partial charge in [0.2, 0.25) is 5.91 Å². The number of fused-ring (bicyclic) bond motifs is 2. The highest BCUT2D eigenvalue weighted by Gasteiger charge is 2.49. The summed E-state index contributed by atoms with van der Waals surface area (Å²) in [5.41, 5.74) is 3.00. The summed E-state index contributed by atoms with van der Waals surface area (Å²) >= 11 is 0. The van der Waals surface area contributed by atoms with Crippen LogP contribution in [0.25, 0.3) is 0 Å². The van der Waals surface area contributed by atoms with E-state index in [2.05, 4.69) is 33.0 Å². The summed E-state index contributed by atoms with van der Waals surface area (Å²) < 4.78 is 0. The second-order valence-corrected chi connectivity index (χ2v) is 7.91. The second-order valence-electron chi connectivity index (χ2n) is 7.91. The molecule has 140 valence electrons. The van der Waals surface area contributed by atoms with Gasteiger partial charge in [-0.3, -0.25) is 14.7 Å². The fourth-order valence-electron chi connectivity index (χ4n) is 4.29. The predicted molar refractivity (Wildman–Crippen MR) is 105 cm³/mol. The van der Waals surface area contributed by atoms with E-state index in [1.165, 1.54) is 0 Å². The lowest BCUT2D eigenvalue weighted by Gasteiger charge is -2.29. The van der Waals surface area contributed by atoms with Gasteiger partial charge in [-0.15, -0.1) is 0 Å². The number of H-pyrrole nitrogens is 1. The number of nitrogens with one attached hydrogen (secondary N) is 3. The first-order chi connectivity index (χ1) is 12.9.